The summed E-state index contributed by atoms with van der Waals surface area (Å²) in [6.45, 7) is 12.8. The Morgan fingerprint density at radius 1 is 0.167 bits per heavy atom. The number of hydrogen-bond acceptors (Lipinski definition) is 9. The van der Waals surface area contributed by atoms with Crippen molar-refractivity contribution in [1.82, 2.24) is 0 Å². The van der Waals surface area contributed by atoms with E-state index < -0.39 is 41.9 Å². The summed E-state index contributed by atoms with van der Waals surface area (Å²) in [5.74, 6) is -3.94. The molecule has 0 fully saturated rings. The predicted molar refractivity (Wildman–Crippen MR) is 432 cm³/mol. The van der Waals surface area contributed by atoms with Crippen molar-refractivity contribution < 1.29 is 74.7 Å². The summed E-state index contributed by atoms with van der Waals surface area (Å²) in [7, 11) is 0. The maximum atomic E-state index is 10.3. The van der Waals surface area contributed by atoms with E-state index in [0.29, 0.717) is 38.5 Å². The van der Waals surface area contributed by atoms with Crippen LogP contribution in [0.3, 0.4) is 0 Å². The second-order valence-corrected chi connectivity index (χ2v) is 29.1. The summed E-state index contributed by atoms with van der Waals surface area (Å²) in [6, 6.07) is 0. The molecule has 0 unspecified atom stereocenters. The average Bonchev–Trinajstić information content (AvgIpc) is 3.66. The minimum atomic E-state index is -0.954. The van der Waals surface area contributed by atoms with E-state index in [1.54, 1.807) is 0 Å². The van der Waals surface area contributed by atoms with Gasteiger partial charge in [0.25, 0.3) is 0 Å². The highest BCUT2D eigenvalue weighted by molar-refractivity contribution is 5.68. The first-order valence-corrected chi connectivity index (χ1v) is 43.6. The molecule has 0 aliphatic carbocycles. The second-order valence-electron chi connectivity index (χ2n) is 29.1. The standard InChI is InChI=1S/6C14H28O2.C3H8O3/c6*1-2-3-4-5-6-7-8-9-10-11-12-13-14(15)16;4-1-3(6)2-5/h6*2-13H2,1H3,(H,15,16);3-6H,1-2H2. The first kappa shape index (κ1) is 112. The number of hydrogen-bond donors (Lipinski definition) is 9. The van der Waals surface area contributed by atoms with Crippen LogP contribution in [-0.2, 0) is 28.8 Å². The van der Waals surface area contributed by atoms with Gasteiger partial charge in [-0.25, -0.2) is 0 Å². The second kappa shape index (κ2) is 109. The van der Waals surface area contributed by atoms with Gasteiger partial charge in [-0.2, -0.15) is 0 Å². The minimum Gasteiger partial charge on any atom is -0.481 e. The Morgan fingerprint density at radius 3 is 0.304 bits per heavy atom. The minimum absolute atomic E-state index is 0.344. The van der Waals surface area contributed by atoms with Crippen LogP contribution in [0.15, 0.2) is 0 Å². The highest BCUT2D eigenvalue weighted by Gasteiger charge is 2.03. The van der Waals surface area contributed by atoms with Gasteiger partial charge in [-0.15, -0.1) is 0 Å². The molecule has 0 bridgehead atoms. The van der Waals surface area contributed by atoms with Gasteiger partial charge in [-0.05, 0) is 38.5 Å². The lowest BCUT2D eigenvalue weighted by molar-refractivity contribution is -0.138. The Balaban J connectivity index is -0.000000209. The van der Waals surface area contributed by atoms with Crippen LogP contribution in [0.5, 0.6) is 0 Å². The third kappa shape index (κ3) is 143. The summed E-state index contributed by atoms with van der Waals surface area (Å²) in [4.78, 5) is 61.6. The molecule has 0 aromatic heterocycles. The number of rotatable bonds is 74. The van der Waals surface area contributed by atoms with E-state index in [1.807, 2.05) is 0 Å². The molecular formula is C87H176O15. The molecule has 0 aromatic carbocycles. The molecular weight excluding hydrogens is 1280 g/mol. The molecule has 0 spiro atoms. The van der Waals surface area contributed by atoms with Crippen LogP contribution < -0.4 is 0 Å². The zero-order valence-electron chi connectivity index (χ0n) is 68.4. The van der Waals surface area contributed by atoms with Crippen LogP contribution in [0.2, 0.25) is 0 Å². The first-order valence-electron chi connectivity index (χ1n) is 43.6. The lowest BCUT2D eigenvalue weighted by Crippen LogP contribution is -2.15. The van der Waals surface area contributed by atoms with Gasteiger partial charge in [-0.3, -0.25) is 28.8 Å². The maximum absolute atomic E-state index is 10.3. The fourth-order valence-electron chi connectivity index (χ4n) is 11.7. The molecule has 614 valence electrons. The summed E-state index contributed by atoms with van der Waals surface area (Å²) in [5, 5.41) is 74.8. The van der Waals surface area contributed by atoms with Crippen molar-refractivity contribution in [3.8, 4) is 0 Å². The largest absolute Gasteiger partial charge is 0.481 e. The molecule has 0 radical (unpaired) electrons. The smallest absolute Gasteiger partial charge is 0.303 e. The third-order valence-corrected chi connectivity index (χ3v) is 18.4. The van der Waals surface area contributed by atoms with Crippen molar-refractivity contribution in [3.63, 3.8) is 0 Å². The van der Waals surface area contributed by atoms with Crippen LogP contribution in [0, 0.1) is 0 Å². The van der Waals surface area contributed by atoms with Gasteiger partial charge < -0.3 is 46.0 Å². The lowest BCUT2D eigenvalue weighted by Gasteiger charge is -2.01. The van der Waals surface area contributed by atoms with Gasteiger partial charge in [0.15, 0.2) is 0 Å². The van der Waals surface area contributed by atoms with Gasteiger partial charge in [0.1, 0.15) is 6.10 Å². The van der Waals surface area contributed by atoms with Crippen LogP contribution in [0.4, 0.5) is 0 Å². The van der Waals surface area contributed by atoms with Crippen molar-refractivity contribution in [2.45, 2.75) is 510 Å². The molecule has 15 heteroatoms. The Hall–Kier alpha value is -3.30. The molecule has 0 saturated carbocycles. The third-order valence-electron chi connectivity index (χ3n) is 18.4. The van der Waals surface area contributed by atoms with Gasteiger partial charge in [0.05, 0.1) is 13.2 Å². The Labute approximate surface area is 630 Å². The number of aliphatic hydroxyl groups is 3. The van der Waals surface area contributed by atoms with E-state index >= 15 is 0 Å². The van der Waals surface area contributed by atoms with Crippen molar-refractivity contribution in [1.29, 1.82) is 0 Å². The van der Waals surface area contributed by atoms with E-state index in [0.717, 1.165) is 77.0 Å². The van der Waals surface area contributed by atoms with Crippen molar-refractivity contribution in [2.24, 2.45) is 0 Å². The molecule has 0 aliphatic rings. The van der Waals surface area contributed by atoms with E-state index in [4.69, 9.17) is 46.0 Å². The van der Waals surface area contributed by atoms with Crippen LogP contribution in [0.25, 0.3) is 0 Å². The molecule has 0 aromatic rings. The molecule has 0 heterocycles. The number of carboxylic acids is 6. The summed E-state index contributed by atoms with van der Waals surface area (Å²) in [6.07, 6.45) is 85.2. The first-order chi connectivity index (χ1) is 49.4. The van der Waals surface area contributed by atoms with E-state index in [-0.39, 0.29) is 13.2 Å². The van der Waals surface area contributed by atoms with Gasteiger partial charge >= 0.3 is 35.8 Å². The molecule has 15 nitrogen and oxygen atoms in total. The SMILES string of the molecule is CCCCCCCCCCCCCC(=O)O.CCCCCCCCCCCCCC(=O)O.CCCCCCCCCCCCCC(=O)O.CCCCCCCCCCCCCC(=O)O.CCCCCCCCCCCCCC(=O)O.CCCCCCCCCCCCCC(=O)O.OCC(O)CO. The van der Waals surface area contributed by atoms with E-state index in [2.05, 4.69) is 41.5 Å². The van der Waals surface area contributed by atoms with Gasteiger partial charge in [-0.1, -0.05) is 427 Å². The molecule has 0 atom stereocenters. The van der Waals surface area contributed by atoms with Crippen molar-refractivity contribution >= 4 is 35.8 Å². The Bertz CT molecular complexity index is 1300. The van der Waals surface area contributed by atoms with Crippen LogP contribution >= 0.6 is 0 Å². The van der Waals surface area contributed by atoms with Crippen molar-refractivity contribution in [3.05, 3.63) is 0 Å². The number of aliphatic carboxylic acids is 6. The molecule has 9 N–H and O–H groups in total. The lowest BCUT2D eigenvalue weighted by atomic mass is 10.1. The zero-order chi connectivity index (χ0) is 77.4. The predicted octanol–water partition coefficient (Wildman–Crippen LogP) is 27.0. The topological polar surface area (TPSA) is 284 Å². The summed E-state index contributed by atoms with van der Waals surface area (Å²) in [5.41, 5.74) is 0. The summed E-state index contributed by atoms with van der Waals surface area (Å²) < 4.78 is 0. The van der Waals surface area contributed by atoms with Gasteiger partial charge in [0, 0.05) is 38.5 Å². The zero-order valence-corrected chi connectivity index (χ0v) is 68.4. The highest BCUT2D eigenvalue weighted by atomic mass is 16.4. The number of carboxylic acid groups (broad SMARTS) is 6. The quantitative estimate of drug-likeness (QED) is 0.0256. The average molecular weight is 1460 g/mol. The molecule has 0 amide bonds. The van der Waals surface area contributed by atoms with E-state index in [9.17, 15) is 28.8 Å². The van der Waals surface area contributed by atoms with Crippen LogP contribution in [0.1, 0.15) is 504 Å². The Kier molecular flexibility index (Phi) is 119. The molecule has 102 heavy (non-hydrogen) atoms. The number of unbranched alkanes of at least 4 members (excludes halogenated alkanes) is 60. The maximum Gasteiger partial charge on any atom is 0.303 e. The van der Waals surface area contributed by atoms with Gasteiger partial charge in [0.2, 0.25) is 0 Å². The Morgan fingerprint density at radius 2 is 0.245 bits per heavy atom. The summed E-state index contributed by atoms with van der Waals surface area (Å²) >= 11 is 0. The monoisotopic (exact) mass is 1460 g/mol. The molecule has 0 aliphatic heterocycles. The number of carbonyl (C=O) groups is 6. The normalized spacial score (nSPS) is 10.5. The van der Waals surface area contributed by atoms with E-state index in [1.165, 1.54) is 347 Å². The van der Waals surface area contributed by atoms with Crippen LogP contribution in [-0.4, -0.2) is 101 Å². The number of aliphatic hydroxyl groups excluding tert-OH is 3. The fraction of sp³-hybridized carbons (Fsp3) is 0.931. The fourth-order valence-corrected chi connectivity index (χ4v) is 11.7. The molecule has 0 saturated heterocycles. The van der Waals surface area contributed by atoms with Crippen molar-refractivity contribution in [2.75, 3.05) is 13.2 Å². The molecule has 0 rings (SSSR count). The highest BCUT2D eigenvalue weighted by Crippen LogP contribution is 2.18.